The molecule has 0 spiro atoms. The molecule has 0 aliphatic rings. The van der Waals surface area contributed by atoms with Crippen LogP contribution in [0.2, 0.25) is 0 Å². The Bertz CT molecular complexity index is 165. The molecular weight excluding hydrogens is 349 g/mol. The average molecular weight is 393 g/mol. The van der Waals surface area contributed by atoms with Crippen LogP contribution in [0.5, 0.6) is 0 Å². The van der Waals surface area contributed by atoms with Gasteiger partial charge in [-0.2, -0.15) is 0 Å². The second kappa shape index (κ2) is 15.9. The van der Waals surface area contributed by atoms with Gasteiger partial charge in [-0.3, -0.25) is 0 Å². The maximum Gasteiger partial charge on any atom is -0.0261 e. The van der Waals surface area contributed by atoms with Gasteiger partial charge in [-0.05, 0) is 34.0 Å². The highest BCUT2D eigenvalue weighted by molar-refractivity contribution is 7.60. The van der Waals surface area contributed by atoms with Crippen LogP contribution in [0.4, 0.5) is 0 Å². The fourth-order valence-corrected chi connectivity index (χ4v) is 10.7. The third-order valence-corrected chi connectivity index (χ3v) is 10.7. The highest BCUT2D eigenvalue weighted by atomic mass is 35.5. The molecule has 0 atom stereocenters. The highest BCUT2D eigenvalue weighted by Gasteiger charge is 2.20. The molecule has 0 nitrogen and oxygen atoms in total. The summed E-state index contributed by atoms with van der Waals surface area (Å²) < 4.78 is 0. The van der Waals surface area contributed by atoms with E-state index in [-0.39, 0.29) is 40.7 Å². The maximum atomic E-state index is 2.35. The van der Waals surface area contributed by atoms with Gasteiger partial charge in [0.1, 0.15) is 0 Å². The molecule has 0 saturated heterocycles. The molecule has 0 saturated carbocycles. The summed E-state index contributed by atoms with van der Waals surface area (Å²) >= 11 is 0. The van der Waals surface area contributed by atoms with E-state index in [1.807, 2.05) is 0 Å². The molecule has 0 aromatic heterocycles. The molecule has 0 aliphatic heterocycles. The molecule has 0 aromatic carbocycles. The largest absolute Gasteiger partial charge is 0.147 e. The molecule has 0 aromatic rings. The fourth-order valence-electron chi connectivity index (χ4n) is 3.58. The smallest absolute Gasteiger partial charge is 0.0261 e. The molecule has 0 rings (SSSR count). The van der Waals surface area contributed by atoms with E-state index in [4.69, 9.17) is 0 Å². The van der Waals surface area contributed by atoms with Gasteiger partial charge in [0.15, 0.2) is 0 Å². The summed E-state index contributed by atoms with van der Waals surface area (Å²) in [5.74, 6) is 0. The van der Waals surface area contributed by atoms with Gasteiger partial charge in [0, 0.05) is 0 Å². The third-order valence-electron chi connectivity index (χ3n) is 3.58. The van der Waals surface area contributed by atoms with E-state index in [0.717, 1.165) is 34.0 Å². The van der Waals surface area contributed by atoms with E-state index in [9.17, 15) is 0 Å². The van der Waals surface area contributed by atoms with Crippen LogP contribution in [0.15, 0.2) is 0 Å². The van der Waals surface area contributed by atoms with Crippen LogP contribution in [-0.4, -0.2) is 34.0 Å². The molecule has 0 radical (unpaired) electrons. The molecule has 0 bridgehead atoms. The van der Waals surface area contributed by atoms with Gasteiger partial charge in [-0.1, -0.05) is 98.9 Å². The van der Waals surface area contributed by atoms with Crippen molar-refractivity contribution in [3.63, 3.8) is 0 Å². The minimum atomic E-state index is 0. The number of rotatable bonds is 6. The van der Waals surface area contributed by atoms with Crippen molar-refractivity contribution in [3.8, 4) is 0 Å². The molecule has 22 heavy (non-hydrogen) atoms. The first-order valence-corrected chi connectivity index (χ1v) is 11.6. The van der Waals surface area contributed by atoms with Gasteiger partial charge in [-0.15, -0.1) is 24.8 Å². The van der Waals surface area contributed by atoms with Gasteiger partial charge in [0.05, 0.1) is 0 Å². The summed E-state index contributed by atoms with van der Waals surface area (Å²) in [6.07, 6.45) is 0. The van der Waals surface area contributed by atoms with Crippen molar-refractivity contribution in [1.29, 1.82) is 0 Å². The van der Waals surface area contributed by atoms with Gasteiger partial charge in [0.25, 0.3) is 0 Å². The van der Waals surface area contributed by atoms with Crippen molar-refractivity contribution < 1.29 is 0 Å². The van der Waals surface area contributed by atoms with Gasteiger partial charge >= 0.3 is 0 Å². The minimum absolute atomic E-state index is 0. The van der Waals surface area contributed by atoms with E-state index >= 15 is 0 Å². The van der Waals surface area contributed by atoms with E-state index in [2.05, 4.69) is 83.1 Å². The van der Waals surface area contributed by atoms with E-state index in [0.29, 0.717) is 0 Å². The van der Waals surface area contributed by atoms with Crippen LogP contribution in [0.25, 0.3) is 0 Å². The molecule has 140 valence electrons. The Hall–Kier alpha value is 1.44. The summed E-state index contributed by atoms with van der Waals surface area (Å²) in [6, 6.07) is 0. The summed E-state index contributed by atoms with van der Waals surface area (Å²) in [6.45, 7) is 28.2. The zero-order valence-corrected chi connectivity index (χ0v) is 20.6. The molecule has 0 N–H and O–H groups in total. The van der Waals surface area contributed by atoms with Crippen LogP contribution in [0.1, 0.15) is 83.1 Å². The van der Waals surface area contributed by atoms with Gasteiger partial charge < -0.3 is 0 Å². The third kappa shape index (κ3) is 13.8. The Labute approximate surface area is 157 Å². The van der Waals surface area contributed by atoms with Crippen molar-refractivity contribution in [1.82, 2.24) is 0 Å². The van der Waals surface area contributed by atoms with E-state index in [1.165, 1.54) is 0 Å². The molecular formula is C18H44Cl2P2. The molecule has 0 aliphatic carbocycles. The van der Waals surface area contributed by atoms with Crippen LogP contribution in [0, 0.1) is 0 Å². The monoisotopic (exact) mass is 392 g/mol. The van der Waals surface area contributed by atoms with Gasteiger partial charge in [-0.25, -0.2) is 0 Å². The van der Waals surface area contributed by atoms with Crippen molar-refractivity contribution >= 4 is 40.7 Å². The van der Waals surface area contributed by atoms with Crippen molar-refractivity contribution in [2.45, 2.75) is 117 Å². The number of hydrogen-bond acceptors (Lipinski definition) is 0. The first kappa shape index (κ1) is 31.2. The molecule has 0 unspecified atom stereocenters. The SMILES string of the molecule is CC(C)P(C(C)C)C(C)C.CC(C)P(C(C)C)C(C)C.Cl.Cl. The number of halogens is 2. The molecule has 4 heteroatoms. The maximum absolute atomic E-state index is 2.35. The fraction of sp³-hybridized carbons (Fsp3) is 1.00. The molecule has 0 heterocycles. The summed E-state index contributed by atoms with van der Waals surface area (Å²) in [4.78, 5) is 0. The predicted molar refractivity (Wildman–Crippen MR) is 119 cm³/mol. The van der Waals surface area contributed by atoms with Crippen LogP contribution < -0.4 is 0 Å². The summed E-state index contributed by atoms with van der Waals surface area (Å²) in [5, 5.41) is 0. The minimum Gasteiger partial charge on any atom is -0.147 e. The lowest BCUT2D eigenvalue weighted by Gasteiger charge is -2.29. The highest BCUT2D eigenvalue weighted by Crippen LogP contribution is 2.50. The second-order valence-corrected chi connectivity index (χ2v) is 15.4. The summed E-state index contributed by atoms with van der Waals surface area (Å²) in [7, 11) is 0.525. The molecule has 0 amide bonds. The van der Waals surface area contributed by atoms with Crippen molar-refractivity contribution in [2.75, 3.05) is 0 Å². The predicted octanol–water partition coefficient (Wildman–Crippen LogP) is 8.23. The first-order valence-electron chi connectivity index (χ1n) is 8.48. The normalized spacial score (nSPS) is 11.5. The Kier molecular flexibility index (Phi) is 22.6. The lowest BCUT2D eigenvalue weighted by atomic mass is 10.5. The zero-order chi connectivity index (χ0) is 16.6. The van der Waals surface area contributed by atoms with Crippen molar-refractivity contribution in [3.05, 3.63) is 0 Å². The Morgan fingerprint density at radius 3 is 0.409 bits per heavy atom. The Balaban J connectivity index is -0.000000135. The number of hydrogen-bond donors (Lipinski definition) is 0. The quantitative estimate of drug-likeness (QED) is 0.399. The lowest BCUT2D eigenvalue weighted by Crippen LogP contribution is -2.10. The van der Waals surface area contributed by atoms with Gasteiger partial charge in [0.2, 0.25) is 0 Å². The average Bonchev–Trinajstić information content (AvgIpc) is 2.12. The van der Waals surface area contributed by atoms with Crippen molar-refractivity contribution in [2.24, 2.45) is 0 Å². The lowest BCUT2D eigenvalue weighted by molar-refractivity contribution is 0.946. The van der Waals surface area contributed by atoms with E-state index < -0.39 is 0 Å². The first-order chi connectivity index (χ1) is 8.93. The van der Waals surface area contributed by atoms with E-state index in [1.54, 1.807) is 0 Å². The zero-order valence-electron chi connectivity index (χ0n) is 17.2. The summed E-state index contributed by atoms with van der Waals surface area (Å²) in [5.41, 5.74) is 5.39. The Morgan fingerprint density at radius 1 is 0.318 bits per heavy atom. The van der Waals surface area contributed by atoms with Crippen LogP contribution in [-0.2, 0) is 0 Å². The topological polar surface area (TPSA) is 0 Å². The van der Waals surface area contributed by atoms with Crippen LogP contribution in [0.3, 0.4) is 0 Å². The Morgan fingerprint density at radius 2 is 0.409 bits per heavy atom. The standard InChI is InChI=1S/2C9H21P.2ClH/c2*1-7(2)10(8(3)4)9(5)6;;/h2*7-9H,1-6H3;2*1H. The second-order valence-electron chi connectivity index (χ2n) is 7.46. The van der Waals surface area contributed by atoms with Crippen LogP contribution >= 0.6 is 40.7 Å². The molecule has 0 fully saturated rings.